The van der Waals surface area contributed by atoms with E-state index in [1.165, 1.54) is 5.39 Å². The molecule has 0 aliphatic carbocycles. The Hall–Kier alpha value is -3.37. The van der Waals surface area contributed by atoms with Gasteiger partial charge in [-0.3, -0.25) is 4.79 Å². The quantitative estimate of drug-likeness (QED) is 0.235. The standard InChI is InChI=1S/C27H24O3S/c1-18-14-25(19(2)31-18)26(28)12-8-20-9-13-27(29-3)23(15-20)17-30-24-11-10-21-6-4-5-7-22(21)16-24/h4-16H,17H2,1-3H3/b12-8+. The van der Waals surface area contributed by atoms with Gasteiger partial charge in [0, 0.05) is 20.9 Å². The molecule has 0 saturated carbocycles. The van der Waals surface area contributed by atoms with Crippen molar-refractivity contribution in [3.8, 4) is 11.5 Å². The number of allylic oxidation sites excluding steroid dienone is 1. The predicted octanol–water partition coefficient (Wildman–Crippen LogP) is 7.00. The number of methoxy groups -OCH3 is 1. The van der Waals surface area contributed by atoms with Gasteiger partial charge in [-0.15, -0.1) is 11.3 Å². The molecular weight excluding hydrogens is 404 g/mol. The number of carbonyl (C=O) groups excluding carboxylic acids is 1. The van der Waals surface area contributed by atoms with Gasteiger partial charge >= 0.3 is 0 Å². The molecule has 4 rings (SSSR count). The summed E-state index contributed by atoms with van der Waals surface area (Å²) in [5, 5.41) is 2.32. The number of thiophene rings is 1. The van der Waals surface area contributed by atoms with E-state index in [9.17, 15) is 4.79 Å². The van der Waals surface area contributed by atoms with Gasteiger partial charge in [0.05, 0.1) is 7.11 Å². The molecular formula is C27H24O3S. The summed E-state index contributed by atoms with van der Waals surface area (Å²) in [6, 6.07) is 22.1. The topological polar surface area (TPSA) is 35.5 Å². The third-order valence-electron chi connectivity index (χ3n) is 5.15. The monoisotopic (exact) mass is 428 g/mol. The lowest BCUT2D eigenvalue weighted by Crippen LogP contribution is -1.99. The van der Waals surface area contributed by atoms with E-state index in [2.05, 4.69) is 18.2 Å². The third kappa shape index (κ3) is 4.86. The van der Waals surface area contributed by atoms with E-state index in [1.807, 2.05) is 68.5 Å². The van der Waals surface area contributed by atoms with Gasteiger partial charge in [0.1, 0.15) is 18.1 Å². The van der Waals surface area contributed by atoms with E-state index in [0.717, 1.165) is 43.3 Å². The molecule has 1 aromatic heterocycles. The van der Waals surface area contributed by atoms with Gasteiger partial charge in [-0.05, 0) is 66.6 Å². The zero-order chi connectivity index (χ0) is 21.8. The van der Waals surface area contributed by atoms with Gasteiger partial charge in [-0.2, -0.15) is 0 Å². The van der Waals surface area contributed by atoms with Crippen molar-refractivity contribution >= 4 is 34.0 Å². The van der Waals surface area contributed by atoms with Crippen molar-refractivity contribution in [1.29, 1.82) is 0 Å². The lowest BCUT2D eigenvalue weighted by atomic mass is 10.1. The maximum Gasteiger partial charge on any atom is 0.186 e. The van der Waals surface area contributed by atoms with E-state index in [4.69, 9.17) is 9.47 Å². The molecule has 0 aliphatic heterocycles. The second-order valence-corrected chi connectivity index (χ2v) is 8.85. The largest absolute Gasteiger partial charge is 0.496 e. The van der Waals surface area contributed by atoms with Crippen molar-refractivity contribution in [1.82, 2.24) is 0 Å². The molecule has 4 aromatic rings. The fourth-order valence-corrected chi connectivity index (χ4v) is 4.50. The Balaban J connectivity index is 1.51. The third-order valence-corrected chi connectivity index (χ3v) is 6.12. The maximum atomic E-state index is 12.5. The molecule has 0 N–H and O–H groups in total. The van der Waals surface area contributed by atoms with E-state index in [0.29, 0.717) is 6.61 Å². The Morgan fingerprint density at radius 3 is 2.52 bits per heavy atom. The van der Waals surface area contributed by atoms with Gasteiger partial charge in [-0.25, -0.2) is 0 Å². The van der Waals surface area contributed by atoms with Crippen LogP contribution in [0.4, 0.5) is 0 Å². The first-order valence-electron chi connectivity index (χ1n) is 10.1. The highest BCUT2D eigenvalue weighted by Crippen LogP contribution is 2.26. The average Bonchev–Trinajstić information content (AvgIpc) is 3.13. The first-order valence-corrected chi connectivity index (χ1v) is 10.9. The van der Waals surface area contributed by atoms with Gasteiger partial charge in [0.2, 0.25) is 0 Å². The van der Waals surface area contributed by atoms with E-state index >= 15 is 0 Å². The molecule has 0 spiro atoms. The van der Waals surface area contributed by atoms with Crippen molar-refractivity contribution in [2.24, 2.45) is 0 Å². The maximum absolute atomic E-state index is 12.5. The first-order chi connectivity index (χ1) is 15.0. The number of benzene rings is 3. The number of hydrogen-bond donors (Lipinski definition) is 0. The van der Waals surface area contributed by atoms with Crippen molar-refractivity contribution in [3.63, 3.8) is 0 Å². The van der Waals surface area contributed by atoms with Crippen molar-refractivity contribution in [2.45, 2.75) is 20.5 Å². The Kier molecular flexibility index (Phi) is 6.19. The van der Waals surface area contributed by atoms with Gasteiger partial charge < -0.3 is 9.47 Å². The highest BCUT2D eigenvalue weighted by atomic mass is 32.1. The molecule has 0 atom stereocenters. The molecule has 0 bridgehead atoms. The lowest BCUT2D eigenvalue weighted by Gasteiger charge is -2.12. The van der Waals surface area contributed by atoms with Crippen LogP contribution in [-0.4, -0.2) is 12.9 Å². The molecule has 31 heavy (non-hydrogen) atoms. The normalized spacial score (nSPS) is 11.2. The zero-order valence-corrected chi connectivity index (χ0v) is 18.7. The van der Waals surface area contributed by atoms with Gasteiger partial charge in [0.25, 0.3) is 0 Å². The highest BCUT2D eigenvalue weighted by Gasteiger charge is 2.10. The average molecular weight is 429 g/mol. The van der Waals surface area contributed by atoms with Crippen LogP contribution in [0, 0.1) is 13.8 Å². The Morgan fingerprint density at radius 2 is 1.77 bits per heavy atom. The number of rotatable bonds is 7. The summed E-state index contributed by atoms with van der Waals surface area (Å²) in [6.07, 6.45) is 3.47. The number of ketones is 1. The summed E-state index contributed by atoms with van der Waals surface area (Å²) in [7, 11) is 1.65. The molecule has 0 amide bonds. The number of fused-ring (bicyclic) bond motifs is 1. The summed E-state index contributed by atoms with van der Waals surface area (Å²) in [5.41, 5.74) is 2.62. The zero-order valence-electron chi connectivity index (χ0n) is 17.8. The molecule has 0 fully saturated rings. The summed E-state index contributed by atoms with van der Waals surface area (Å²) < 4.78 is 11.5. The van der Waals surface area contributed by atoms with Crippen LogP contribution in [0.15, 0.2) is 72.8 Å². The fourth-order valence-electron chi connectivity index (χ4n) is 3.57. The predicted molar refractivity (Wildman–Crippen MR) is 128 cm³/mol. The summed E-state index contributed by atoms with van der Waals surface area (Å²) in [6.45, 7) is 4.37. The summed E-state index contributed by atoms with van der Waals surface area (Å²) in [4.78, 5) is 14.7. The van der Waals surface area contributed by atoms with E-state index in [1.54, 1.807) is 24.5 Å². The number of carbonyl (C=O) groups is 1. The minimum Gasteiger partial charge on any atom is -0.496 e. The van der Waals surface area contributed by atoms with Crippen molar-refractivity contribution in [2.75, 3.05) is 7.11 Å². The van der Waals surface area contributed by atoms with Crippen LogP contribution in [0.3, 0.4) is 0 Å². The molecule has 156 valence electrons. The van der Waals surface area contributed by atoms with E-state index < -0.39 is 0 Å². The molecule has 1 heterocycles. The molecule has 0 aliphatic rings. The highest BCUT2D eigenvalue weighted by molar-refractivity contribution is 7.12. The fraction of sp³-hybridized carbons (Fsp3) is 0.148. The van der Waals surface area contributed by atoms with Crippen LogP contribution in [0.1, 0.15) is 31.2 Å². The van der Waals surface area contributed by atoms with Crippen LogP contribution >= 0.6 is 11.3 Å². The summed E-state index contributed by atoms with van der Waals surface area (Å²) >= 11 is 1.64. The van der Waals surface area contributed by atoms with E-state index in [-0.39, 0.29) is 5.78 Å². The van der Waals surface area contributed by atoms with Crippen LogP contribution in [0.25, 0.3) is 16.8 Å². The van der Waals surface area contributed by atoms with Crippen LogP contribution < -0.4 is 9.47 Å². The molecule has 3 aromatic carbocycles. The van der Waals surface area contributed by atoms with Crippen molar-refractivity contribution < 1.29 is 14.3 Å². The number of aryl methyl sites for hydroxylation is 2. The van der Waals surface area contributed by atoms with Crippen LogP contribution in [0.5, 0.6) is 11.5 Å². The Morgan fingerprint density at radius 1 is 0.968 bits per heavy atom. The molecule has 3 nitrogen and oxygen atoms in total. The number of ether oxygens (including phenoxy) is 2. The second-order valence-electron chi connectivity index (χ2n) is 7.39. The molecule has 0 radical (unpaired) electrons. The van der Waals surface area contributed by atoms with Gasteiger partial charge in [0.15, 0.2) is 5.78 Å². The van der Waals surface area contributed by atoms with Crippen LogP contribution in [0.2, 0.25) is 0 Å². The second kappa shape index (κ2) is 9.19. The Labute approximate surface area is 186 Å². The minimum absolute atomic E-state index is 0.0200. The smallest absolute Gasteiger partial charge is 0.186 e. The SMILES string of the molecule is COc1ccc(/C=C/C(=O)c2cc(C)sc2C)cc1COc1ccc2ccccc2c1. The lowest BCUT2D eigenvalue weighted by molar-refractivity contribution is 0.104. The summed E-state index contributed by atoms with van der Waals surface area (Å²) in [5.74, 6) is 1.58. The minimum atomic E-state index is 0.0200. The van der Waals surface area contributed by atoms with Crippen molar-refractivity contribution in [3.05, 3.63) is 99.3 Å². The number of hydrogen-bond acceptors (Lipinski definition) is 4. The molecule has 0 unspecified atom stereocenters. The first kappa shape index (κ1) is 20.9. The Bertz CT molecular complexity index is 1270. The van der Waals surface area contributed by atoms with Crippen LogP contribution in [-0.2, 0) is 6.61 Å². The van der Waals surface area contributed by atoms with Gasteiger partial charge in [-0.1, -0.05) is 42.5 Å². The molecule has 4 heteroatoms. The molecule has 0 saturated heterocycles.